The van der Waals surface area contributed by atoms with Gasteiger partial charge in [-0.3, -0.25) is 4.79 Å². The Hall–Kier alpha value is -2.17. The lowest BCUT2D eigenvalue weighted by atomic mass is 10.1. The maximum absolute atomic E-state index is 13.0. The summed E-state index contributed by atoms with van der Waals surface area (Å²) in [6.07, 6.45) is 0. The third kappa shape index (κ3) is 1.67. The monoisotopic (exact) mass is 221 g/mol. The van der Waals surface area contributed by atoms with Crippen molar-refractivity contribution < 1.29 is 10.6 Å². The highest BCUT2D eigenvalue weighted by Crippen LogP contribution is 2.20. The van der Waals surface area contributed by atoms with Crippen LogP contribution >= 0.6 is 0 Å². The Labute approximate surface area is 92.8 Å². The number of pyridine rings is 1. The number of nitrogens with two attached hydrogens (primary N) is 1. The number of hydrogen-bond acceptors (Lipinski definition) is 3. The number of rotatable bonds is 2. The summed E-state index contributed by atoms with van der Waals surface area (Å²) in [5.41, 5.74) is 6.06. The van der Waals surface area contributed by atoms with E-state index in [-0.39, 0.29) is 12.8 Å². The van der Waals surface area contributed by atoms with Crippen molar-refractivity contribution in [3.05, 3.63) is 35.6 Å². The van der Waals surface area contributed by atoms with Gasteiger partial charge in [-0.1, -0.05) is 0 Å². The van der Waals surface area contributed by atoms with E-state index in [1.807, 2.05) is 0 Å². The fourth-order valence-electron chi connectivity index (χ4n) is 1.53. The predicted molar refractivity (Wildman–Crippen MR) is 61.9 cm³/mol. The SMILES string of the molecule is CNc1nc2ccc(F)cc2cc1C(N)=O.[HH]. The molecule has 16 heavy (non-hydrogen) atoms. The minimum Gasteiger partial charge on any atom is -0.372 e. The van der Waals surface area contributed by atoms with Crippen LogP contribution in [0.5, 0.6) is 0 Å². The molecule has 0 saturated carbocycles. The van der Waals surface area contributed by atoms with Crippen molar-refractivity contribution in [3.63, 3.8) is 0 Å². The van der Waals surface area contributed by atoms with Gasteiger partial charge in [0.1, 0.15) is 11.6 Å². The maximum atomic E-state index is 13.0. The summed E-state index contributed by atoms with van der Waals surface area (Å²) in [4.78, 5) is 15.3. The number of amides is 1. The van der Waals surface area contributed by atoms with Crippen molar-refractivity contribution in [2.75, 3.05) is 12.4 Å². The standard InChI is InChI=1S/C11H10FN3O.H2/c1-14-11-8(10(13)16)5-6-4-7(12)2-3-9(6)15-11;/h2-5H,1H3,(H2,13,16)(H,14,15);1H. The highest BCUT2D eigenvalue weighted by Gasteiger charge is 2.10. The highest BCUT2D eigenvalue weighted by atomic mass is 19.1. The Morgan fingerprint density at radius 1 is 1.50 bits per heavy atom. The zero-order chi connectivity index (χ0) is 11.7. The largest absolute Gasteiger partial charge is 0.372 e. The summed E-state index contributed by atoms with van der Waals surface area (Å²) in [7, 11) is 1.64. The first-order valence-corrected chi connectivity index (χ1v) is 4.69. The number of benzene rings is 1. The molecule has 0 atom stereocenters. The quantitative estimate of drug-likeness (QED) is 0.811. The van der Waals surface area contributed by atoms with E-state index in [4.69, 9.17) is 5.73 Å². The lowest BCUT2D eigenvalue weighted by Crippen LogP contribution is -2.14. The Morgan fingerprint density at radius 2 is 2.25 bits per heavy atom. The van der Waals surface area contributed by atoms with Gasteiger partial charge in [0.25, 0.3) is 5.91 Å². The van der Waals surface area contributed by atoms with Crippen LogP contribution in [0.15, 0.2) is 24.3 Å². The van der Waals surface area contributed by atoms with Gasteiger partial charge in [-0.2, -0.15) is 0 Å². The molecule has 0 radical (unpaired) electrons. The number of fused-ring (bicyclic) bond motifs is 1. The lowest BCUT2D eigenvalue weighted by Gasteiger charge is -2.07. The molecule has 0 bridgehead atoms. The zero-order valence-corrected chi connectivity index (χ0v) is 8.62. The van der Waals surface area contributed by atoms with Crippen molar-refractivity contribution in [2.24, 2.45) is 5.73 Å². The van der Waals surface area contributed by atoms with Gasteiger partial charge in [0.2, 0.25) is 0 Å². The fourth-order valence-corrected chi connectivity index (χ4v) is 1.53. The van der Waals surface area contributed by atoms with E-state index >= 15 is 0 Å². The number of aromatic nitrogens is 1. The fraction of sp³-hybridized carbons (Fsp3) is 0.0909. The topological polar surface area (TPSA) is 68.0 Å². The van der Waals surface area contributed by atoms with Gasteiger partial charge >= 0.3 is 0 Å². The van der Waals surface area contributed by atoms with Gasteiger partial charge in [0.15, 0.2) is 0 Å². The van der Waals surface area contributed by atoms with Crippen LogP contribution in [0.25, 0.3) is 10.9 Å². The molecule has 0 aliphatic rings. The summed E-state index contributed by atoms with van der Waals surface area (Å²) >= 11 is 0. The first-order chi connectivity index (χ1) is 7.61. The van der Waals surface area contributed by atoms with E-state index in [9.17, 15) is 9.18 Å². The van der Waals surface area contributed by atoms with Crippen molar-refractivity contribution in [1.29, 1.82) is 0 Å². The van der Waals surface area contributed by atoms with Crippen LogP contribution in [-0.2, 0) is 0 Å². The smallest absolute Gasteiger partial charge is 0.252 e. The molecule has 1 amide bonds. The molecule has 1 heterocycles. The molecule has 84 valence electrons. The molecule has 0 unspecified atom stereocenters. The molecule has 0 saturated heterocycles. The summed E-state index contributed by atoms with van der Waals surface area (Å²) in [6, 6.07) is 5.71. The van der Waals surface area contributed by atoms with Crippen LogP contribution in [-0.4, -0.2) is 17.9 Å². The third-order valence-corrected chi connectivity index (χ3v) is 2.28. The normalized spacial score (nSPS) is 10.4. The number of halogens is 1. The second kappa shape index (κ2) is 3.77. The molecule has 0 aliphatic carbocycles. The molecule has 3 N–H and O–H groups in total. The van der Waals surface area contributed by atoms with Crippen molar-refractivity contribution in [3.8, 4) is 0 Å². The number of primary amides is 1. The van der Waals surface area contributed by atoms with Crippen molar-refractivity contribution >= 4 is 22.6 Å². The van der Waals surface area contributed by atoms with Crippen LogP contribution in [0, 0.1) is 5.82 Å². The van der Waals surface area contributed by atoms with Gasteiger partial charge in [0.05, 0.1) is 11.1 Å². The van der Waals surface area contributed by atoms with E-state index in [0.717, 1.165) is 0 Å². The predicted octanol–water partition coefficient (Wildman–Crippen LogP) is 1.76. The van der Waals surface area contributed by atoms with E-state index < -0.39 is 5.91 Å². The lowest BCUT2D eigenvalue weighted by molar-refractivity contribution is 0.100. The molecule has 1 aromatic heterocycles. The number of carbonyl (C=O) groups is 1. The third-order valence-electron chi connectivity index (χ3n) is 2.28. The molecule has 0 spiro atoms. The first kappa shape index (κ1) is 10.4. The molecule has 2 aromatic rings. The van der Waals surface area contributed by atoms with Gasteiger partial charge in [0, 0.05) is 13.9 Å². The minimum atomic E-state index is -0.594. The van der Waals surface area contributed by atoms with Gasteiger partial charge in [-0.15, -0.1) is 0 Å². The number of carbonyl (C=O) groups excluding carboxylic acids is 1. The minimum absolute atomic E-state index is 0. The van der Waals surface area contributed by atoms with Crippen molar-refractivity contribution in [1.82, 2.24) is 4.98 Å². The summed E-state index contributed by atoms with van der Waals surface area (Å²) in [5.74, 6) is -0.573. The number of anilines is 1. The Balaban J connectivity index is 0.00000144. The Bertz CT molecular complexity index is 574. The average Bonchev–Trinajstić information content (AvgIpc) is 2.27. The van der Waals surface area contributed by atoms with Crippen LogP contribution in [0.1, 0.15) is 11.8 Å². The highest BCUT2D eigenvalue weighted by molar-refractivity contribution is 6.01. The summed E-state index contributed by atoms with van der Waals surface area (Å²) < 4.78 is 13.0. The van der Waals surface area contributed by atoms with E-state index in [2.05, 4.69) is 10.3 Å². The second-order valence-corrected chi connectivity index (χ2v) is 3.34. The molecular weight excluding hydrogens is 209 g/mol. The first-order valence-electron chi connectivity index (χ1n) is 4.69. The molecule has 5 heteroatoms. The molecule has 2 rings (SSSR count). The zero-order valence-electron chi connectivity index (χ0n) is 8.62. The van der Waals surface area contributed by atoms with Crippen LogP contribution in [0.3, 0.4) is 0 Å². The van der Waals surface area contributed by atoms with E-state index in [1.165, 1.54) is 18.2 Å². The molecule has 0 aliphatic heterocycles. The number of nitrogens with zero attached hydrogens (tertiary/aromatic N) is 1. The van der Waals surface area contributed by atoms with Gasteiger partial charge < -0.3 is 11.1 Å². The number of hydrogen-bond donors (Lipinski definition) is 2. The summed E-state index contributed by atoms with van der Waals surface area (Å²) in [6.45, 7) is 0. The average molecular weight is 221 g/mol. The Morgan fingerprint density at radius 3 is 2.88 bits per heavy atom. The van der Waals surface area contributed by atoms with Crippen molar-refractivity contribution in [2.45, 2.75) is 0 Å². The van der Waals surface area contributed by atoms with Crippen LogP contribution in [0.4, 0.5) is 10.2 Å². The van der Waals surface area contributed by atoms with E-state index in [1.54, 1.807) is 13.1 Å². The van der Waals surface area contributed by atoms with Crippen LogP contribution in [0.2, 0.25) is 0 Å². The van der Waals surface area contributed by atoms with Gasteiger partial charge in [-0.05, 0) is 24.3 Å². The number of nitrogens with one attached hydrogen (secondary N) is 1. The van der Waals surface area contributed by atoms with E-state index in [0.29, 0.717) is 16.7 Å². The molecule has 4 nitrogen and oxygen atoms in total. The molecule has 0 fully saturated rings. The van der Waals surface area contributed by atoms with Gasteiger partial charge in [-0.25, -0.2) is 9.37 Å². The maximum Gasteiger partial charge on any atom is 0.252 e. The molecular formula is C11H12FN3O. The Kier molecular flexibility index (Phi) is 2.44. The second-order valence-electron chi connectivity index (χ2n) is 3.34. The van der Waals surface area contributed by atoms with Crippen LogP contribution < -0.4 is 11.1 Å². The summed E-state index contributed by atoms with van der Waals surface area (Å²) in [5, 5.41) is 3.33. The molecule has 1 aromatic carbocycles.